The van der Waals surface area contributed by atoms with Crippen LogP contribution in [0.5, 0.6) is 0 Å². The number of aryl methyl sites for hydroxylation is 1. The van der Waals surface area contributed by atoms with Crippen LogP contribution in [0.4, 0.5) is 0 Å². The summed E-state index contributed by atoms with van der Waals surface area (Å²) >= 11 is 0. The molecule has 0 radical (unpaired) electrons. The lowest BCUT2D eigenvalue weighted by Gasteiger charge is -2.51. The third-order valence-electron chi connectivity index (χ3n) is 4.66. The molecule has 0 N–H and O–H groups in total. The minimum Gasteiger partial charge on any atom is -0.287 e. The van der Waals surface area contributed by atoms with Crippen molar-refractivity contribution in [3.63, 3.8) is 0 Å². The molecular weight excluding hydrogens is 304 g/mol. The predicted octanol–water partition coefficient (Wildman–Crippen LogP) is 4.59. The van der Waals surface area contributed by atoms with Gasteiger partial charge in [0.25, 0.3) is 5.70 Å². The van der Waals surface area contributed by atoms with Crippen molar-refractivity contribution in [2.45, 2.75) is 65.0 Å². The molecule has 5 nitrogen and oxygen atoms in total. The SMILES string of the molecule is Cc1ccc(/C=C(/CON2C(C)(C)CCCC2(C)C)[N+](=O)[O-])cc1. The van der Waals surface area contributed by atoms with E-state index in [0.717, 1.165) is 30.4 Å². The van der Waals surface area contributed by atoms with Gasteiger partial charge in [0.2, 0.25) is 0 Å². The predicted molar refractivity (Wildman–Crippen MR) is 96.0 cm³/mol. The van der Waals surface area contributed by atoms with Crippen LogP contribution in [0.25, 0.3) is 6.08 Å². The summed E-state index contributed by atoms with van der Waals surface area (Å²) in [5.41, 5.74) is 1.74. The summed E-state index contributed by atoms with van der Waals surface area (Å²) < 4.78 is 0. The molecule has 5 heteroatoms. The van der Waals surface area contributed by atoms with Crippen molar-refractivity contribution < 1.29 is 9.76 Å². The second-order valence-corrected chi connectivity index (χ2v) is 7.85. The van der Waals surface area contributed by atoms with E-state index >= 15 is 0 Å². The van der Waals surface area contributed by atoms with Gasteiger partial charge in [0.1, 0.15) is 0 Å². The minimum absolute atomic E-state index is 0.0340. The topological polar surface area (TPSA) is 55.6 Å². The van der Waals surface area contributed by atoms with Crippen molar-refractivity contribution in [2.75, 3.05) is 6.61 Å². The molecule has 1 aromatic rings. The normalized spacial score (nSPS) is 20.8. The molecule has 24 heavy (non-hydrogen) atoms. The fourth-order valence-electron chi connectivity index (χ4n) is 3.46. The summed E-state index contributed by atoms with van der Waals surface area (Å²) in [6.45, 7) is 10.5. The van der Waals surface area contributed by atoms with Gasteiger partial charge in [-0.2, -0.15) is 5.06 Å². The number of benzene rings is 1. The van der Waals surface area contributed by atoms with Crippen LogP contribution in [0.3, 0.4) is 0 Å². The van der Waals surface area contributed by atoms with Gasteiger partial charge in [-0.05, 0) is 59.4 Å². The van der Waals surface area contributed by atoms with E-state index in [0.29, 0.717) is 0 Å². The largest absolute Gasteiger partial charge is 0.287 e. The Morgan fingerprint density at radius 3 is 2.25 bits per heavy atom. The van der Waals surface area contributed by atoms with Gasteiger partial charge < -0.3 is 0 Å². The number of hydroxylamine groups is 2. The molecule has 0 amide bonds. The van der Waals surface area contributed by atoms with Crippen LogP contribution >= 0.6 is 0 Å². The molecule has 2 rings (SSSR count). The summed E-state index contributed by atoms with van der Waals surface area (Å²) in [5.74, 6) is 0. The maximum absolute atomic E-state index is 11.4. The van der Waals surface area contributed by atoms with Crippen molar-refractivity contribution in [3.8, 4) is 0 Å². The van der Waals surface area contributed by atoms with Gasteiger partial charge in [-0.3, -0.25) is 15.0 Å². The highest BCUT2D eigenvalue weighted by molar-refractivity contribution is 5.51. The van der Waals surface area contributed by atoms with E-state index in [1.54, 1.807) is 6.08 Å². The van der Waals surface area contributed by atoms with E-state index in [2.05, 4.69) is 27.7 Å². The van der Waals surface area contributed by atoms with Gasteiger partial charge in [-0.25, -0.2) is 0 Å². The molecule has 1 aliphatic rings. The molecule has 0 unspecified atom stereocenters. The zero-order chi connectivity index (χ0) is 18.0. The number of piperidine rings is 1. The van der Waals surface area contributed by atoms with Crippen molar-refractivity contribution in [2.24, 2.45) is 0 Å². The van der Waals surface area contributed by atoms with Crippen LogP contribution in [0.15, 0.2) is 30.0 Å². The molecular formula is C19H28N2O3. The third kappa shape index (κ3) is 4.42. The second-order valence-electron chi connectivity index (χ2n) is 7.85. The van der Waals surface area contributed by atoms with Crippen LogP contribution < -0.4 is 0 Å². The number of hydrogen-bond acceptors (Lipinski definition) is 4. The van der Waals surface area contributed by atoms with Crippen molar-refractivity contribution >= 4 is 6.08 Å². The van der Waals surface area contributed by atoms with E-state index in [9.17, 15) is 10.1 Å². The Hall–Kier alpha value is -1.72. The van der Waals surface area contributed by atoms with E-state index in [-0.39, 0.29) is 28.3 Å². The summed E-state index contributed by atoms with van der Waals surface area (Å²) in [7, 11) is 0. The van der Waals surface area contributed by atoms with Gasteiger partial charge in [0.15, 0.2) is 6.61 Å². The third-order valence-corrected chi connectivity index (χ3v) is 4.66. The lowest BCUT2D eigenvalue weighted by Crippen LogP contribution is -2.58. The number of nitro groups is 1. The number of nitrogens with zero attached hydrogens (tertiary/aromatic N) is 2. The molecule has 132 valence electrons. The highest BCUT2D eigenvalue weighted by Gasteiger charge is 2.42. The Kier molecular flexibility index (Phi) is 5.45. The Bertz CT molecular complexity index is 602. The molecule has 1 aromatic carbocycles. The summed E-state index contributed by atoms with van der Waals surface area (Å²) in [4.78, 5) is 17.0. The molecule has 0 spiro atoms. The monoisotopic (exact) mass is 332 g/mol. The van der Waals surface area contributed by atoms with Gasteiger partial charge in [-0.15, -0.1) is 0 Å². The van der Waals surface area contributed by atoms with Crippen molar-refractivity contribution in [3.05, 3.63) is 51.2 Å². The first-order chi connectivity index (χ1) is 11.1. The van der Waals surface area contributed by atoms with Crippen LogP contribution in [0.1, 0.15) is 58.1 Å². The lowest BCUT2D eigenvalue weighted by atomic mass is 9.82. The first kappa shape index (κ1) is 18.6. The molecule has 0 bridgehead atoms. The Balaban J connectivity index is 2.16. The maximum Gasteiger partial charge on any atom is 0.274 e. The molecule has 0 saturated carbocycles. The molecule has 1 fully saturated rings. The zero-order valence-corrected chi connectivity index (χ0v) is 15.3. The van der Waals surface area contributed by atoms with Crippen molar-refractivity contribution in [1.29, 1.82) is 0 Å². The van der Waals surface area contributed by atoms with Crippen LogP contribution in [0, 0.1) is 17.0 Å². The van der Waals surface area contributed by atoms with Gasteiger partial charge in [0, 0.05) is 17.2 Å². The standard InChI is InChI=1S/C19H28N2O3/c1-15-7-9-16(10-8-15)13-17(20(22)23)14-24-21-18(2,3)11-6-12-19(21,4)5/h7-10,13H,6,11-12,14H2,1-5H3/b17-13-. The fraction of sp³-hybridized carbons (Fsp3) is 0.579. The lowest BCUT2D eigenvalue weighted by molar-refractivity contribution is -0.436. The van der Waals surface area contributed by atoms with E-state index in [1.165, 1.54) is 0 Å². The zero-order valence-electron chi connectivity index (χ0n) is 15.3. The van der Waals surface area contributed by atoms with Crippen molar-refractivity contribution in [1.82, 2.24) is 5.06 Å². The van der Waals surface area contributed by atoms with Gasteiger partial charge in [0.05, 0.1) is 4.92 Å². The molecule has 0 aromatic heterocycles. The highest BCUT2D eigenvalue weighted by atomic mass is 16.7. The maximum atomic E-state index is 11.4. The second kappa shape index (κ2) is 7.03. The van der Waals surface area contributed by atoms with Crippen LogP contribution in [-0.4, -0.2) is 27.7 Å². The fourth-order valence-corrected chi connectivity index (χ4v) is 3.46. The molecule has 1 saturated heterocycles. The first-order valence-electron chi connectivity index (χ1n) is 8.47. The molecule has 0 aliphatic carbocycles. The van der Waals surface area contributed by atoms with E-state index in [4.69, 9.17) is 4.84 Å². The van der Waals surface area contributed by atoms with Gasteiger partial charge in [-0.1, -0.05) is 29.8 Å². The Morgan fingerprint density at radius 2 is 1.75 bits per heavy atom. The minimum atomic E-state index is -0.357. The first-order valence-corrected chi connectivity index (χ1v) is 8.47. The number of hydrogen-bond donors (Lipinski definition) is 0. The summed E-state index contributed by atoms with van der Waals surface area (Å²) in [6.07, 6.45) is 4.77. The van der Waals surface area contributed by atoms with E-state index < -0.39 is 0 Å². The Morgan fingerprint density at radius 1 is 1.21 bits per heavy atom. The Labute approximate surface area is 144 Å². The average Bonchev–Trinajstić information content (AvgIpc) is 2.46. The smallest absolute Gasteiger partial charge is 0.274 e. The van der Waals surface area contributed by atoms with Crippen LogP contribution in [-0.2, 0) is 4.84 Å². The average molecular weight is 332 g/mol. The molecule has 1 heterocycles. The summed E-state index contributed by atoms with van der Waals surface area (Å²) in [5, 5.41) is 13.4. The highest BCUT2D eigenvalue weighted by Crippen LogP contribution is 2.38. The summed E-state index contributed by atoms with van der Waals surface area (Å²) in [6, 6.07) is 7.66. The molecule has 0 atom stereocenters. The number of rotatable bonds is 5. The van der Waals surface area contributed by atoms with E-state index in [1.807, 2.05) is 36.3 Å². The van der Waals surface area contributed by atoms with Gasteiger partial charge >= 0.3 is 0 Å². The van der Waals surface area contributed by atoms with Crippen LogP contribution in [0.2, 0.25) is 0 Å². The quantitative estimate of drug-likeness (QED) is 0.584. The molecule has 1 aliphatic heterocycles.